The lowest BCUT2D eigenvalue weighted by Crippen LogP contribution is -1.89. The van der Waals surface area contributed by atoms with Crippen LogP contribution in [-0.4, -0.2) is 0 Å². The molecule has 1 nitrogen and oxygen atoms in total. The molecule has 0 fully saturated rings. The summed E-state index contributed by atoms with van der Waals surface area (Å²) in [6.07, 6.45) is 6.05. The molecule has 206 valence electrons. The lowest BCUT2D eigenvalue weighted by molar-refractivity contribution is 0.668. The molecule has 8 aromatic carbocycles. The van der Waals surface area contributed by atoms with Gasteiger partial charge in [-0.3, -0.25) is 0 Å². The summed E-state index contributed by atoms with van der Waals surface area (Å²) in [5.41, 5.74) is 6.29. The Balaban J connectivity index is 1.35. The second-order valence-corrected chi connectivity index (χ2v) is 11.6. The monoisotopic (exact) mass is 560 g/mol. The van der Waals surface area contributed by atoms with E-state index in [9.17, 15) is 0 Å². The summed E-state index contributed by atoms with van der Waals surface area (Å²) >= 11 is 0. The second kappa shape index (κ2) is 9.42. The largest absolute Gasteiger partial charge is 0.455 e. The molecular formula is C43H28O. The Morgan fingerprint density at radius 3 is 1.59 bits per heavy atom. The predicted octanol–water partition coefficient (Wildman–Crippen LogP) is 12.7. The van der Waals surface area contributed by atoms with Gasteiger partial charge in [0.05, 0.1) is 0 Å². The fourth-order valence-corrected chi connectivity index (χ4v) is 7.39. The minimum absolute atomic E-state index is 0.887. The van der Waals surface area contributed by atoms with Crippen LogP contribution in [0.15, 0.2) is 138 Å². The average molecular weight is 561 g/mol. The number of benzene rings is 8. The average Bonchev–Trinajstić information content (AvgIpc) is 3.46. The van der Waals surface area contributed by atoms with Gasteiger partial charge in [0, 0.05) is 16.3 Å². The molecule has 44 heavy (non-hydrogen) atoms. The third-order valence-electron chi connectivity index (χ3n) is 9.30. The molecule has 0 saturated heterocycles. The van der Waals surface area contributed by atoms with E-state index < -0.39 is 0 Å². The van der Waals surface area contributed by atoms with Gasteiger partial charge >= 0.3 is 0 Å². The van der Waals surface area contributed by atoms with Crippen LogP contribution in [0.3, 0.4) is 0 Å². The summed E-state index contributed by atoms with van der Waals surface area (Å²) in [6.45, 7) is 6.11. The van der Waals surface area contributed by atoms with Crippen LogP contribution in [0.1, 0.15) is 18.1 Å². The summed E-state index contributed by atoms with van der Waals surface area (Å²) in [7, 11) is 0. The lowest BCUT2D eigenvalue weighted by Gasteiger charge is -2.17. The maximum atomic E-state index is 6.40. The van der Waals surface area contributed by atoms with Gasteiger partial charge in [0.25, 0.3) is 0 Å². The van der Waals surface area contributed by atoms with Gasteiger partial charge in [-0.2, -0.15) is 0 Å². The first-order valence-corrected chi connectivity index (χ1v) is 15.2. The Kier molecular flexibility index (Phi) is 5.33. The fourth-order valence-electron chi connectivity index (χ4n) is 7.39. The van der Waals surface area contributed by atoms with Crippen molar-refractivity contribution in [3.63, 3.8) is 0 Å². The van der Waals surface area contributed by atoms with Gasteiger partial charge < -0.3 is 4.42 Å². The minimum Gasteiger partial charge on any atom is -0.455 e. The molecule has 1 heterocycles. The Morgan fingerprint density at radius 1 is 0.500 bits per heavy atom. The van der Waals surface area contributed by atoms with E-state index >= 15 is 0 Å². The van der Waals surface area contributed by atoms with Crippen molar-refractivity contribution in [1.82, 2.24) is 0 Å². The van der Waals surface area contributed by atoms with E-state index in [1.165, 1.54) is 65.0 Å². The Labute approximate surface area is 254 Å². The summed E-state index contributed by atoms with van der Waals surface area (Å²) in [5.74, 6) is 0. The van der Waals surface area contributed by atoms with Crippen molar-refractivity contribution >= 4 is 88.0 Å². The highest BCUT2D eigenvalue weighted by atomic mass is 16.3. The van der Waals surface area contributed by atoms with Crippen molar-refractivity contribution in [1.29, 1.82) is 0 Å². The number of hydrogen-bond donors (Lipinski definition) is 0. The molecule has 0 unspecified atom stereocenters. The van der Waals surface area contributed by atoms with Gasteiger partial charge in [0.1, 0.15) is 11.2 Å². The highest BCUT2D eigenvalue weighted by Gasteiger charge is 2.17. The van der Waals surface area contributed by atoms with E-state index in [1.54, 1.807) is 0 Å². The van der Waals surface area contributed by atoms with Crippen LogP contribution in [0, 0.1) is 0 Å². The lowest BCUT2D eigenvalue weighted by atomic mass is 9.86. The van der Waals surface area contributed by atoms with Gasteiger partial charge in [0.15, 0.2) is 0 Å². The first-order chi connectivity index (χ1) is 21.7. The molecule has 0 aliphatic heterocycles. The number of fused-ring (bicyclic) bond motifs is 14. The van der Waals surface area contributed by atoms with Crippen LogP contribution in [0.25, 0.3) is 99.1 Å². The van der Waals surface area contributed by atoms with Crippen molar-refractivity contribution in [3.8, 4) is 11.1 Å². The maximum Gasteiger partial charge on any atom is 0.143 e. The minimum atomic E-state index is 0.887. The third kappa shape index (κ3) is 3.41. The summed E-state index contributed by atoms with van der Waals surface area (Å²) in [4.78, 5) is 0. The molecule has 0 amide bonds. The number of hydrogen-bond acceptors (Lipinski definition) is 1. The molecule has 9 rings (SSSR count). The predicted molar refractivity (Wildman–Crippen MR) is 191 cm³/mol. The van der Waals surface area contributed by atoms with Crippen molar-refractivity contribution in [2.24, 2.45) is 0 Å². The molecule has 0 bridgehead atoms. The molecule has 0 saturated carbocycles. The quantitative estimate of drug-likeness (QED) is 0.196. The number of allylic oxidation sites excluding steroid dienone is 1. The molecule has 1 heteroatoms. The first kappa shape index (κ1) is 24.9. The molecule has 1 aromatic heterocycles. The zero-order valence-corrected chi connectivity index (χ0v) is 24.4. The van der Waals surface area contributed by atoms with Gasteiger partial charge in [0.2, 0.25) is 0 Å². The van der Waals surface area contributed by atoms with E-state index in [0.717, 1.165) is 33.1 Å². The summed E-state index contributed by atoms with van der Waals surface area (Å²) in [6, 6.07) is 44.5. The maximum absolute atomic E-state index is 6.40. The Bertz CT molecular complexity index is 2680. The SMILES string of the molecule is C=Cc1c(/C=C\C)ccc2c1oc1ccc(-c3ccc4c(c3)c3ccccc3c3c5ccccc5c5ccccc5c43)cc12. The van der Waals surface area contributed by atoms with Gasteiger partial charge in [-0.15, -0.1) is 0 Å². The van der Waals surface area contributed by atoms with Gasteiger partial charge in [-0.25, -0.2) is 0 Å². The summed E-state index contributed by atoms with van der Waals surface area (Å²) < 4.78 is 6.40. The second-order valence-electron chi connectivity index (χ2n) is 11.6. The van der Waals surface area contributed by atoms with E-state index in [1.807, 2.05) is 19.1 Å². The highest BCUT2D eigenvalue weighted by molar-refractivity contribution is 6.39. The topological polar surface area (TPSA) is 13.1 Å². The van der Waals surface area contributed by atoms with Crippen LogP contribution in [-0.2, 0) is 0 Å². The number of furan rings is 1. The molecule has 0 spiro atoms. The van der Waals surface area contributed by atoms with Crippen LogP contribution in [0.2, 0.25) is 0 Å². The van der Waals surface area contributed by atoms with E-state index in [4.69, 9.17) is 4.42 Å². The van der Waals surface area contributed by atoms with Crippen LogP contribution in [0.5, 0.6) is 0 Å². The number of rotatable bonds is 3. The van der Waals surface area contributed by atoms with Crippen LogP contribution < -0.4 is 0 Å². The molecule has 0 N–H and O–H groups in total. The van der Waals surface area contributed by atoms with Gasteiger partial charge in [-0.1, -0.05) is 122 Å². The Morgan fingerprint density at radius 2 is 1.00 bits per heavy atom. The Hall–Kier alpha value is -5.66. The van der Waals surface area contributed by atoms with Crippen molar-refractivity contribution in [2.45, 2.75) is 6.92 Å². The van der Waals surface area contributed by atoms with Crippen LogP contribution in [0.4, 0.5) is 0 Å². The van der Waals surface area contributed by atoms with Crippen LogP contribution >= 0.6 is 0 Å². The third-order valence-corrected chi connectivity index (χ3v) is 9.30. The van der Waals surface area contributed by atoms with E-state index in [-0.39, 0.29) is 0 Å². The molecular weight excluding hydrogens is 532 g/mol. The summed E-state index contributed by atoms with van der Waals surface area (Å²) in [5, 5.41) is 15.2. The normalized spacial score (nSPS) is 12.2. The van der Waals surface area contributed by atoms with E-state index in [0.29, 0.717) is 0 Å². The first-order valence-electron chi connectivity index (χ1n) is 15.2. The fraction of sp³-hybridized carbons (Fsp3) is 0.0233. The van der Waals surface area contributed by atoms with Gasteiger partial charge in [-0.05, 0) is 102 Å². The van der Waals surface area contributed by atoms with E-state index in [2.05, 4.69) is 134 Å². The zero-order chi connectivity index (χ0) is 29.4. The van der Waals surface area contributed by atoms with Crippen molar-refractivity contribution < 1.29 is 4.42 Å². The van der Waals surface area contributed by atoms with Crippen molar-refractivity contribution in [2.75, 3.05) is 0 Å². The molecule has 0 aliphatic rings. The molecule has 9 aromatic rings. The zero-order valence-electron chi connectivity index (χ0n) is 24.4. The highest BCUT2D eigenvalue weighted by Crippen LogP contribution is 2.45. The van der Waals surface area contributed by atoms with Crippen molar-refractivity contribution in [3.05, 3.63) is 145 Å². The molecule has 0 atom stereocenters. The molecule has 0 radical (unpaired) electrons. The standard InChI is InChI=1S/C43H28O/c1-3-11-26-18-22-37-39-25-28(20-23-40(39)44-43(37)29(26)4-2)27-19-21-36-38(24-27)32-14-7-10-17-35(32)41-33-15-8-5-12-30(33)31-13-6-9-16-34(31)42(36)41/h3-25H,2H2,1H3/b11-3-. The molecule has 0 aliphatic carbocycles. The smallest absolute Gasteiger partial charge is 0.143 e.